The van der Waals surface area contributed by atoms with Gasteiger partial charge in [-0.05, 0) is 223 Å². The number of sulfonamides is 3. The predicted molar refractivity (Wildman–Crippen MR) is 419 cm³/mol. The molecule has 580 valence electrons. The Morgan fingerprint density at radius 1 is 0.509 bits per heavy atom. The molecular weight excluding hydrogens is 1570 g/mol. The molecule has 8 aromatic rings. The van der Waals surface area contributed by atoms with Crippen molar-refractivity contribution >= 4 is 126 Å². The quantitative estimate of drug-likeness (QED) is 0.0364. The molecule has 9 fully saturated rings. The van der Waals surface area contributed by atoms with Gasteiger partial charge in [0.15, 0.2) is 15.4 Å². The van der Waals surface area contributed by atoms with E-state index in [2.05, 4.69) is 45.0 Å². The molecule has 33 heteroatoms. The van der Waals surface area contributed by atoms with Gasteiger partial charge in [0.05, 0.1) is 53.8 Å². The van der Waals surface area contributed by atoms with Crippen molar-refractivity contribution < 1.29 is 52.3 Å². The summed E-state index contributed by atoms with van der Waals surface area (Å²) in [6, 6.07) is 16.6. The van der Waals surface area contributed by atoms with Crippen LogP contribution in [-0.4, -0.2) is 145 Å². The summed E-state index contributed by atoms with van der Waals surface area (Å²) >= 11 is 22.0. The Balaban J connectivity index is 0.000000127. The van der Waals surface area contributed by atoms with Crippen LogP contribution < -0.4 is 39.2 Å². The van der Waals surface area contributed by atoms with Gasteiger partial charge in [0, 0.05) is 96.7 Å². The smallest absolute Gasteiger partial charge is 0.269 e. The second-order valence-electron chi connectivity index (χ2n) is 30.6. The third-order valence-electron chi connectivity index (χ3n) is 23.5. The van der Waals surface area contributed by atoms with Gasteiger partial charge in [-0.25, -0.2) is 66.4 Å². The van der Waals surface area contributed by atoms with Crippen LogP contribution in [0.5, 0.6) is 11.5 Å². The first-order valence-corrected chi connectivity index (χ1v) is 44.2. The monoisotopic (exact) mass is 1660 g/mol. The first-order chi connectivity index (χ1) is 51.5. The molecule has 108 heavy (non-hydrogen) atoms. The van der Waals surface area contributed by atoms with Crippen molar-refractivity contribution in [2.45, 2.75) is 155 Å². The van der Waals surface area contributed by atoms with Crippen LogP contribution in [0, 0.1) is 53.4 Å². The highest BCUT2D eigenvalue weighted by Crippen LogP contribution is 2.63. The highest BCUT2D eigenvalue weighted by molar-refractivity contribution is 7.93. The zero-order valence-corrected chi connectivity index (χ0v) is 67.5. The number of ether oxygens (including phenoxy) is 2. The molecule has 6 aliphatic heterocycles. The molecule has 3 saturated carbocycles. The number of fused-ring (bicyclic) bond motifs is 3. The van der Waals surface area contributed by atoms with Crippen LogP contribution in [0.1, 0.15) is 119 Å². The van der Waals surface area contributed by atoms with E-state index in [1.165, 1.54) is 139 Å². The van der Waals surface area contributed by atoms with Crippen molar-refractivity contribution in [3.63, 3.8) is 0 Å². The minimum absolute atomic E-state index is 0.0111. The van der Waals surface area contributed by atoms with E-state index in [4.69, 9.17) is 50.0 Å². The van der Waals surface area contributed by atoms with Crippen LogP contribution in [0.4, 0.5) is 44.3 Å². The van der Waals surface area contributed by atoms with Gasteiger partial charge < -0.3 is 25.8 Å². The van der Waals surface area contributed by atoms with Crippen LogP contribution >= 0.6 is 68.8 Å². The number of rotatable bonds is 22. The van der Waals surface area contributed by atoms with E-state index in [1.54, 1.807) is 60.5 Å². The lowest BCUT2D eigenvalue weighted by atomic mass is 9.88. The zero-order valence-electron chi connectivity index (χ0n) is 60.3. The summed E-state index contributed by atoms with van der Waals surface area (Å²) in [6.07, 6.45) is 23.7. The topological polar surface area (TPSA) is 238 Å². The van der Waals surface area contributed by atoms with Gasteiger partial charge in [-0.2, -0.15) is 0 Å². The minimum atomic E-state index is -4.40. The maximum Gasteiger partial charge on any atom is 0.269 e. The average Bonchev–Trinajstić information content (AvgIpc) is 1.56. The van der Waals surface area contributed by atoms with E-state index in [0.29, 0.717) is 64.0 Å². The third kappa shape index (κ3) is 16.1. The van der Waals surface area contributed by atoms with Crippen molar-refractivity contribution in [3.8, 4) is 11.5 Å². The number of nitrogens with one attached hydrogen (secondary N) is 3. The zero-order chi connectivity index (χ0) is 76.4. The number of halogens is 7. The maximum absolute atomic E-state index is 15.6. The second kappa shape index (κ2) is 30.8. The molecule has 0 amide bonds. The van der Waals surface area contributed by atoms with Crippen LogP contribution in [-0.2, 0) is 43.2 Å². The Hall–Kier alpha value is -6.13. The number of hydrogen-bond acceptors (Lipinski definition) is 20. The molecule has 5 aromatic carbocycles. The van der Waals surface area contributed by atoms with Crippen molar-refractivity contribution in [1.82, 2.24) is 29.7 Å². The van der Waals surface area contributed by atoms with Crippen molar-refractivity contribution in [2.75, 3.05) is 97.1 Å². The van der Waals surface area contributed by atoms with E-state index in [-0.39, 0.29) is 49.6 Å². The molecule has 20 nitrogen and oxygen atoms in total. The fourth-order valence-corrected chi connectivity index (χ4v) is 24.6. The molecule has 5 N–H and O–H groups in total. The van der Waals surface area contributed by atoms with Crippen LogP contribution in [0.2, 0.25) is 15.1 Å². The van der Waals surface area contributed by atoms with Crippen LogP contribution in [0.25, 0.3) is 0 Å². The summed E-state index contributed by atoms with van der Waals surface area (Å²) in [6.45, 7) is 13.0. The van der Waals surface area contributed by atoms with Crippen LogP contribution in [0.15, 0.2) is 122 Å². The lowest BCUT2D eigenvalue weighted by Crippen LogP contribution is -2.44. The third-order valence-corrected chi connectivity index (χ3v) is 31.9. The molecule has 6 saturated heterocycles. The normalized spacial score (nSPS) is 22.5. The van der Waals surface area contributed by atoms with E-state index >= 15 is 4.39 Å². The van der Waals surface area contributed by atoms with Crippen molar-refractivity contribution in [3.05, 3.63) is 168 Å². The molecule has 3 unspecified atom stereocenters. The molecule has 9 heterocycles. The van der Waals surface area contributed by atoms with Gasteiger partial charge in [0.25, 0.3) is 30.1 Å². The molecule has 0 radical (unpaired) electrons. The summed E-state index contributed by atoms with van der Waals surface area (Å²) in [5.74, 6) is -2.65. The van der Waals surface area contributed by atoms with E-state index < -0.39 is 73.0 Å². The Bertz CT molecular complexity index is 4990. The second-order valence-corrected chi connectivity index (χ2v) is 39.8. The number of benzene rings is 5. The molecule has 3 atom stereocenters. The molecule has 17 rings (SSSR count). The van der Waals surface area contributed by atoms with Gasteiger partial charge in [-0.3, -0.25) is 19.4 Å². The minimum Gasteiger partial charge on any atom is -0.497 e. The molecule has 0 bridgehead atoms. The Morgan fingerprint density at radius 2 is 0.907 bits per heavy atom. The molecule has 3 aromatic heterocycles. The molecule has 9 aliphatic rings. The fraction of sp³-hybridized carbons (Fsp3) is 0.480. The van der Waals surface area contributed by atoms with E-state index in [0.717, 1.165) is 124 Å². The first-order valence-electron chi connectivity index (χ1n) is 36.1. The highest BCUT2D eigenvalue weighted by atomic mass is 35.5. The fourth-order valence-electron chi connectivity index (χ4n) is 17.2. The number of aryl methyl sites for hydroxylation is 2. The van der Waals surface area contributed by atoms with Gasteiger partial charge >= 0.3 is 0 Å². The number of methoxy groups -OCH3 is 2. The SMILES string of the molecule is COc1ccc(CN(c2nccs2)S(=O)(=O)c2cc(Cl)c(F)cc2F)c(C)c1.COc1ccc(CN(c2nccs2)S(=O)(=O)c2cc(Cl)c(NCC34CCCN3CC3(CC3)C4)cc2F)c(C)c1.NCC12CCCN1CC1(CC1)C2.O=S(=O)(Nc1nccs1)c1cc(Cl)c(NCC23CCCN2CC2(CC2)C3)cc1F. The van der Waals surface area contributed by atoms with Crippen molar-refractivity contribution in [1.29, 1.82) is 0 Å². The van der Waals surface area contributed by atoms with E-state index in [1.807, 2.05) is 13.0 Å². The average molecular weight is 1660 g/mol. The van der Waals surface area contributed by atoms with Gasteiger partial charge in [-0.1, -0.05) is 46.9 Å². The number of thiazole rings is 3. The standard InChI is InChI=1S/C28H32ClFN4O3S2.C19H22ClFN4O2S2.C18H15ClF2N2O3S2.C10H18N2/c1-19-12-21(37-2)5-4-20(19)15-34(26-31-9-11-38-26)39(35,36)25-13-22(29)24(14-23(25)30)32-17-28-6-3-10-33(28)18-27(16-28)7-8-27;20-13-8-16(29(26,27)24-17-22-5-7-28-17)14(21)9-15(13)23-11-19-2-1-6-25(19)12-18(10-19)3-4-18;1-11-7-13(26-2)4-3-12(11)10-23(18-22-5-6-27-18)28(24,25)17-8-14(19)15(20)9-16(17)21;11-7-10-2-1-5-12(10)8-9(6-10)3-4-9/h4-5,9,11-14,32H,3,6-8,10,15-18H2,1-2H3;5,7-9,23H,1-4,6,10-12H2,(H,22,24);3-9H,10H2,1-2H3;1-8,11H2. The summed E-state index contributed by atoms with van der Waals surface area (Å²) in [5.41, 5.74) is 12.2. The number of nitrogens with zero attached hydrogens (tertiary/aromatic N) is 8. The Labute approximate surface area is 655 Å². The lowest BCUT2D eigenvalue weighted by Gasteiger charge is -2.33. The predicted octanol–water partition coefficient (Wildman–Crippen LogP) is 16.0. The summed E-state index contributed by atoms with van der Waals surface area (Å²) in [5, 5.41) is 12.1. The summed E-state index contributed by atoms with van der Waals surface area (Å²) < 4.78 is 152. The molecular formula is C75H87Cl3F4N12O8S6. The van der Waals surface area contributed by atoms with Crippen molar-refractivity contribution in [2.24, 2.45) is 22.0 Å². The maximum atomic E-state index is 15.6. The molecule has 3 spiro atoms. The van der Waals surface area contributed by atoms with Gasteiger partial charge in [0.1, 0.15) is 49.5 Å². The highest BCUT2D eigenvalue weighted by Gasteiger charge is 2.62. The van der Waals surface area contributed by atoms with Crippen LogP contribution in [0.3, 0.4) is 0 Å². The summed E-state index contributed by atoms with van der Waals surface area (Å²) in [7, 11) is -9.72. The molecule has 3 aliphatic carbocycles. The van der Waals surface area contributed by atoms with E-state index in [9.17, 15) is 38.4 Å². The Morgan fingerprint density at radius 3 is 1.31 bits per heavy atom. The number of hydrogen-bond donors (Lipinski definition) is 4. The number of aromatic nitrogens is 3. The van der Waals surface area contributed by atoms with Gasteiger partial charge in [-0.15, -0.1) is 34.0 Å². The van der Waals surface area contributed by atoms with Gasteiger partial charge in [0.2, 0.25) is 0 Å². The first kappa shape index (κ1) is 78.6. The number of anilines is 5. The number of nitrogens with two attached hydrogens (primary N) is 1. The lowest BCUT2D eigenvalue weighted by molar-refractivity contribution is 0.204. The Kier molecular flexibility index (Phi) is 22.4. The largest absolute Gasteiger partial charge is 0.497 e. The summed E-state index contributed by atoms with van der Waals surface area (Å²) in [4.78, 5) is 18.3.